The minimum atomic E-state index is -0.605. The third kappa shape index (κ3) is 2.94. The van der Waals surface area contributed by atoms with Crippen molar-refractivity contribution in [3.63, 3.8) is 0 Å². The molecule has 0 radical (unpaired) electrons. The lowest BCUT2D eigenvalue weighted by atomic mass is 9.89. The molecule has 7 heteroatoms. The van der Waals surface area contributed by atoms with Gasteiger partial charge in [-0.3, -0.25) is 9.59 Å². The lowest BCUT2D eigenvalue weighted by Crippen LogP contribution is -2.64. The molecule has 0 spiro atoms. The van der Waals surface area contributed by atoms with Gasteiger partial charge < -0.3 is 9.80 Å². The topological polar surface area (TPSA) is 66.4 Å². The molecule has 2 heterocycles. The van der Waals surface area contributed by atoms with Gasteiger partial charge in [0, 0.05) is 37.1 Å². The second kappa shape index (κ2) is 6.82. The second-order valence-electron chi connectivity index (χ2n) is 6.76. The maximum Gasteiger partial charge on any atom is 0.256 e. The van der Waals surface area contributed by atoms with Gasteiger partial charge in [0.1, 0.15) is 12.1 Å². The number of amides is 1. The van der Waals surface area contributed by atoms with Crippen molar-refractivity contribution in [2.24, 2.45) is 0 Å². The summed E-state index contributed by atoms with van der Waals surface area (Å²) in [6.45, 7) is 0.997. The van der Waals surface area contributed by atoms with Gasteiger partial charge in [-0.2, -0.15) is 0 Å². The van der Waals surface area contributed by atoms with Gasteiger partial charge in [-0.1, -0.05) is 0 Å². The highest BCUT2D eigenvalue weighted by Gasteiger charge is 2.41. The van der Waals surface area contributed by atoms with Crippen LogP contribution in [-0.2, 0) is 0 Å². The third-order valence-electron chi connectivity index (χ3n) is 5.15. The van der Waals surface area contributed by atoms with Crippen LogP contribution in [0.4, 0.5) is 10.3 Å². The molecular formula is C19H19FN4O2. The number of nitrogens with zero attached hydrogens (tertiary/aromatic N) is 4. The van der Waals surface area contributed by atoms with Gasteiger partial charge in [0.15, 0.2) is 0 Å². The molecule has 1 aliphatic carbocycles. The van der Waals surface area contributed by atoms with E-state index in [0.717, 1.165) is 18.9 Å². The number of carbonyl (C=O) groups is 2. The first-order valence-electron chi connectivity index (χ1n) is 8.76. The molecule has 2 aliphatic rings. The highest BCUT2D eigenvalue weighted by Crippen LogP contribution is 2.32. The highest BCUT2D eigenvalue weighted by atomic mass is 19.1. The van der Waals surface area contributed by atoms with E-state index >= 15 is 0 Å². The van der Waals surface area contributed by atoms with Gasteiger partial charge >= 0.3 is 0 Å². The Kier molecular flexibility index (Phi) is 4.36. The molecule has 1 saturated heterocycles. The van der Waals surface area contributed by atoms with E-state index in [1.807, 2.05) is 0 Å². The summed E-state index contributed by atoms with van der Waals surface area (Å²) in [4.78, 5) is 36.0. The quantitative estimate of drug-likeness (QED) is 0.771. The first-order valence-corrected chi connectivity index (χ1v) is 8.76. The van der Waals surface area contributed by atoms with E-state index in [-0.39, 0.29) is 17.5 Å². The molecule has 26 heavy (non-hydrogen) atoms. The molecule has 0 N–H and O–H groups in total. The Morgan fingerprint density at radius 3 is 2.54 bits per heavy atom. The highest BCUT2D eigenvalue weighted by molar-refractivity contribution is 5.96. The van der Waals surface area contributed by atoms with Crippen molar-refractivity contribution < 1.29 is 14.0 Å². The number of rotatable bonds is 5. The van der Waals surface area contributed by atoms with Gasteiger partial charge in [-0.05, 0) is 43.5 Å². The normalized spacial score (nSPS) is 17.3. The van der Waals surface area contributed by atoms with E-state index in [1.165, 1.54) is 18.6 Å². The molecule has 4 rings (SSSR count). The molecule has 0 bridgehead atoms. The van der Waals surface area contributed by atoms with Crippen LogP contribution in [0.2, 0.25) is 0 Å². The molecule has 1 aromatic heterocycles. The summed E-state index contributed by atoms with van der Waals surface area (Å²) < 4.78 is 14.0. The Hall–Kier alpha value is -2.83. The molecule has 6 nitrogen and oxygen atoms in total. The fourth-order valence-corrected chi connectivity index (χ4v) is 3.46. The number of hydrogen-bond donors (Lipinski definition) is 0. The zero-order chi connectivity index (χ0) is 18.1. The van der Waals surface area contributed by atoms with Crippen molar-refractivity contribution in [2.45, 2.75) is 31.3 Å². The Morgan fingerprint density at radius 2 is 1.92 bits per heavy atom. The van der Waals surface area contributed by atoms with E-state index in [9.17, 15) is 14.0 Å². The van der Waals surface area contributed by atoms with Crippen molar-refractivity contribution in [1.29, 1.82) is 0 Å². The number of aromatic nitrogens is 2. The predicted octanol–water partition coefficient (Wildman–Crippen LogP) is 2.31. The van der Waals surface area contributed by atoms with E-state index < -0.39 is 5.82 Å². The standard InChI is InChI=1S/C19H19FN4O2/c20-17-6-5-13(12-25)9-16(17)18(26)23-10-15(11-23)24(14-3-1-4-14)19-21-7-2-8-22-19/h2,5-9,12,14-15H,1,3-4,10-11H2. The molecular weight excluding hydrogens is 335 g/mol. The summed E-state index contributed by atoms with van der Waals surface area (Å²) >= 11 is 0. The molecule has 2 fully saturated rings. The number of anilines is 1. The smallest absolute Gasteiger partial charge is 0.256 e. The van der Waals surface area contributed by atoms with Crippen LogP contribution in [0.3, 0.4) is 0 Å². The number of aldehydes is 1. The SMILES string of the molecule is O=Cc1ccc(F)c(C(=O)N2CC(N(c3ncccn3)C3CCC3)C2)c1. The minimum Gasteiger partial charge on any atom is -0.334 e. The Labute approximate surface area is 150 Å². The van der Waals surface area contributed by atoms with E-state index in [0.29, 0.717) is 36.9 Å². The second-order valence-corrected chi connectivity index (χ2v) is 6.76. The molecule has 1 aliphatic heterocycles. The summed E-state index contributed by atoms with van der Waals surface area (Å²) in [5.74, 6) is -0.306. The van der Waals surface area contributed by atoms with Crippen LogP contribution in [0.25, 0.3) is 0 Å². The summed E-state index contributed by atoms with van der Waals surface area (Å²) in [6, 6.07) is 6.14. The van der Waals surface area contributed by atoms with Crippen molar-refractivity contribution in [1.82, 2.24) is 14.9 Å². The summed E-state index contributed by atoms with van der Waals surface area (Å²) in [5, 5.41) is 0. The number of hydrogen-bond acceptors (Lipinski definition) is 5. The van der Waals surface area contributed by atoms with Crippen molar-refractivity contribution >= 4 is 18.1 Å². The zero-order valence-electron chi connectivity index (χ0n) is 14.2. The van der Waals surface area contributed by atoms with Crippen LogP contribution >= 0.6 is 0 Å². The predicted molar refractivity (Wildman–Crippen MR) is 93.6 cm³/mol. The van der Waals surface area contributed by atoms with Gasteiger partial charge in [0.25, 0.3) is 5.91 Å². The largest absolute Gasteiger partial charge is 0.334 e. The Bertz CT molecular complexity index is 820. The van der Waals surface area contributed by atoms with Crippen LogP contribution in [0.15, 0.2) is 36.7 Å². The number of carbonyl (C=O) groups excluding carboxylic acids is 2. The van der Waals surface area contributed by atoms with Crippen molar-refractivity contribution in [3.8, 4) is 0 Å². The average Bonchev–Trinajstić information content (AvgIpc) is 2.59. The number of halogens is 1. The fraction of sp³-hybridized carbons (Fsp3) is 0.368. The van der Waals surface area contributed by atoms with Gasteiger partial charge in [-0.25, -0.2) is 14.4 Å². The molecule has 0 atom stereocenters. The number of benzene rings is 1. The van der Waals surface area contributed by atoms with E-state index in [4.69, 9.17) is 0 Å². The lowest BCUT2D eigenvalue weighted by molar-refractivity contribution is 0.0574. The van der Waals surface area contributed by atoms with Crippen LogP contribution in [0.1, 0.15) is 40.0 Å². The van der Waals surface area contributed by atoms with E-state index in [1.54, 1.807) is 23.4 Å². The first kappa shape index (κ1) is 16.6. The summed E-state index contributed by atoms with van der Waals surface area (Å²) in [5.41, 5.74) is 0.236. The van der Waals surface area contributed by atoms with Crippen LogP contribution < -0.4 is 4.90 Å². The maximum absolute atomic E-state index is 14.0. The maximum atomic E-state index is 14.0. The minimum absolute atomic E-state index is 0.0563. The number of likely N-dealkylation sites (tertiary alicyclic amines) is 1. The van der Waals surface area contributed by atoms with Crippen LogP contribution in [-0.4, -0.2) is 52.2 Å². The fourth-order valence-electron chi connectivity index (χ4n) is 3.46. The van der Waals surface area contributed by atoms with Crippen LogP contribution in [0.5, 0.6) is 0 Å². The van der Waals surface area contributed by atoms with Gasteiger partial charge in [0.05, 0.1) is 11.6 Å². The first-order chi connectivity index (χ1) is 12.7. The molecule has 1 saturated carbocycles. The van der Waals surface area contributed by atoms with Crippen molar-refractivity contribution in [2.75, 3.05) is 18.0 Å². The molecule has 2 aromatic rings. The Morgan fingerprint density at radius 1 is 1.19 bits per heavy atom. The zero-order valence-corrected chi connectivity index (χ0v) is 14.2. The van der Waals surface area contributed by atoms with Crippen molar-refractivity contribution in [3.05, 3.63) is 53.6 Å². The van der Waals surface area contributed by atoms with Gasteiger partial charge in [-0.15, -0.1) is 0 Å². The third-order valence-corrected chi connectivity index (χ3v) is 5.15. The van der Waals surface area contributed by atoms with E-state index in [2.05, 4.69) is 14.9 Å². The summed E-state index contributed by atoms with van der Waals surface area (Å²) in [6.07, 6.45) is 7.43. The molecule has 1 aromatic carbocycles. The molecule has 0 unspecified atom stereocenters. The summed E-state index contributed by atoms with van der Waals surface area (Å²) in [7, 11) is 0. The van der Waals surface area contributed by atoms with Gasteiger partial charge in [0.2, 0.25) is 5.95 Å². The molecule has 134 valence electrons. The molecule has 1 amide bonds. The average molecular weight is 354 g/mol. The lowest BCUT2D eigenvalue weighted by Gasteiger charge is -2.50. The van der Waals surface area contributed by atoms with Crippen LogP contribution in [0, 0.1) is 5.82 Å². The Balaban J connectivity index is 1.48. The monoisotopic (exact) mass is 354 g/mol.